The van der Waals surface area contributed by atoms with Crippen LogP contribution in [0.5, 0.6) is 0 Å². The first-order valence-corrected chi connectivity index (χ1v) is 16.7. The predicted octanol–water partition coefficient (Wildman–Crippen LogP) is 9.35. The van der Waals surface area contributed by atoms with E-state index in [1.54, 1.807) is 0 Å². The van der Waals surface area contributed by atoms with E-state index in [0.717, 1.165) is 6.54 Å². The molecule has 0 N–H and O–H groups in total. The van der Waals surface area contributed by atoms with Crippen molar-refractivity contribution >= 4 is 0 Å². The molecular weight excluding hydrogens is 560 g/mol. The molecule has 1 aliphatic rings. The van der Waals surface area contributed by atoms with Gasteiger partial charge < -0.3 is 0 Å². The highest BCUT2D eigenvalue weighted by atomic mass is 15.2. The summed E-state index contributed by atoms with van der Waals surface area (Å²) in [4.78, 5) is 0. The third kappa shape index (κ3) is 5.85. The van der Waals surface area contributed by atoms with Gasteiger partial charge in [-0.25, -0.2) is 13.7 Å². The van der Waals surface area contributed by atoms with Crippen molar-refractivity contribution in [1.82, 2.24) is 9.13 Å². The molecule has 2 aromatic heterocycles. The molecule has 0 spiro atoms. The monoisotopic (exact) mass is 608 g/mol. The van der Waals surface area contributed by atoms with Crippen LogP contribution < -0.4 is 9.13 Å². The fraction of sp³-hybridized carbons (Fsp3) is 0.286. The molecule has 0 aliphatic carbocycles. The van der Waals surface area contributed by atoms with Crippen molar-refractivity contribution in [3.05, 3.63) is 138 Å². The molecule has 4 aromatic carbocycles. The molecule has 0 atom stereocenters. The number of nitrogens with zero attached hydrogens (tertiary/aromatic N) is 4. The van der Waals surface area contributed by atoms with E-state index in [-0.39, 0.29) is 0 Å². The van der Waals surface area contributed by atoms with Crippen molar-refractivity contribution in [1.29, 1.82) is 0 Å². The maximum atomic E-state index is 2.44. The van der Waals surface area contributed by atoms with E-state index in [9.17, 15) is 0 Å². The zero-order valence-electron chi connectivity index (χ0n) is 28.7. The molecule has 4 nitrogen and oxygen atoms in total. The second kappa shape index (κ2) is 13.0. The number of hydrogen-bond donors (Lipinski definition) is 0. The van der Waals surface area contributed by atoms with Crippen LogP contribution in [-0.4, -0.2) is 9.13 Å². The highest BCUT2D eigenvalue weighted by Gasteiger charge is 2.32. The van der Waals surface area contributed by atoms with Crippen LogP contribution in [0.3, 0.4) is 0 Å². The van der Waals surface area contributed by atoms with Crippen molar-refractivity contribution in [2.45, 2.75) is 65.8 Å². The third-order valence-corrected chi connectivity index (χ3v) is 9.26. The number of aryl methyl sites for hydroxylation is 2. The van der Waals surface area contributed by atoms with Crippen molar-refractivity contribution in [3.63, 3.8) is 0 Å². The van der Waals surface area contributed by atoms with Gasteiger partial charge >= 0.3 is 0 Å². The van der Waals surface area contributed by atoms with Crippen LogP contribution in [0.4, 0.5) is 0 Å². The van der Waals surface area contributed by atoms with E-state index >= 15 is 0 Å². The van der Waals surface area contributed by atoms with Gasteiger partial charge in [0.25, 0.3) is 11.6 Å². The summed E-state index contributed by atoms with van der Waals surface area (Å²) in [5.74, 6) is 3.96. The molecule has 1 aliphatic heterocycles. The molecule has 0 amide bonds. The predicted molar refractivity (Wildman–Crippen MR) is 190 cm³/mol. The average molecular weight is 609 g/mol. The third-order valence-electron chi connectivity index (χ3n) is 9.26. The molecule has 7 rings (SSSR count). The quantitative estimate of drug-likeness (QED) is 0.167. The maximum Gasteiger partial charge on any atom is 0.294 e. The van der Waals surface area contributed by atoms with Gasteiger partial charge in [-0.15, -0.1) is 0 Å². The minimum Gasteiger partial charge on any atom is -0.233 e. The normalized spacial score (nSPS) is 12.0. The van der Waals surface area contributed by atoms with E-state index in [0.29, 0.717) is 17.8 Å². The summed E-state index contributed by atoms with van der Waals surface area (Å²) in [6.07, 6.45) is 8.66. The van der Waals surface area contributed by atoms with Gasteiger partial charge in [0, 0.05) is 16.7 Å². The highest BCUT2D eigenvalue weighted by molar-refractivity contribution is 5.72. The molecular formula is C42H48N4+2. The van der Waals surface area contributed by atoms with Crippen LogP contribution in [0.15, 0.2) is 116 Å². The Kier molecular flexibility index (Phi) is 8.82. The highest BCUT2D eigenvalue weighted by Crippen LogP contribution is 2.39. The molecule has 46 heavy (non-hydrogen) atoms. The minimum absolute atomic E-state index is 0.431. The Balaban J connectivity index is 0.000000196. The van der Waals surface area contributed by atoms with Crippen molar-refractivity contribution in [2.24, 2.45) is 14.1 Å². The van der Waals surface area contributed by atoms with Gasteiger partial charge in [-0.05, 0) is 58.7 Å². The summed E-state index contributed by atoms with van der Waals surface area (Å²) >= 11 is 0. The number of fused-ring (bicyclic) bond motifs is 3. The second-order valence-electron chi connectivity index (χ2n) is 13.5. The fourth-order valence-corrected chi connectivity index (χ4v) is 6.89. The van der Waals surface area contributed by atoms with Crippen LogP contribution in [0.2, 0.25) is 0 Å². The second-order valence-corrected chi connectivity index (χ2v) is 13.5. The molecule has 234 valence electrons. The minimum atomic E-state index is 0.431. The van der Waals surface area contributed by atoms with Crippen molar-refractivity contribution < 1.29 is 9.13 Å². The summed E-state index contributed by atoms with van der Waals surface area (Å²) in [5, 5.41) is 0. The first kappa shape index (κ1) is 31.3. The van der Waals surface area contributed by atoms with E-state index < -0.39 is 0 Å². The molecule has 3 heterocycles. The van der Waals surface area contributed by atoms with Gasteiger partial charge in [0.15, 0.2) is 0 Å². The van der Waals surface area contributed by atoms with Gasteiger partial charge in [-0.3, -0.25) is 0 Å². The molecule has 4 heteroatoms. The average Bonchev–Trinajstić information content (AvgIpc) is 3.74. The Morgan fingerprint density at radius 3 is 1.78 bits per heavy atom. The van der Waals surface area contributed by atoms with Gasteiger partial charge in [0.1, 0.15) is 37.0 Å². The molecule has 0 saturated heterocycles. The van der Waals surface area contributed by atoms with Crippen LogP contribution >= 0.6 is 0 Å². The largest absolute Gasteiger partial charge is 0.294 e. The van der Waals surface area contributed by atoms with Crippen LogP contribution in [0, 0.1) is 0 Å². The first-order valence-electron chi connectivity index (χ1n) is 16.7. The Morgan fingerprint density at radius 2 is 1.17 bits per heavy atom. The number of hydrogen-bond acceptors (Lipinski definition) is 0. The number of benzene rings is 4. The molecule has 0 bridgehead atoms. The van der Waals surface area contributed by atoms with Crippen molar-refractivity contribution in [2.75, 3.05) is 0 Å². The zero-order chi connectivity index (χ0) is 32.5. The Bertz CT molecular complexity index is 1920. The van der Waals surface area contributed by atoms with Gasteiger partial charge in [-0.2, -0.15) is 4.57 Å². The van der Waals surface area contributed by atoms with Crippen molar-refractivity contribution in [3.8, 4) is 39.6 Å². The molecule has 0 unspecified atom stereocenters. The first-order chi connectivity index (χ1) is 22.2. The van der Waals surface area contributed by atoms with Gasteiger partial charge in [-0.1, -0.05) is 108 Å². The van der Waals surface area contributed by atoms with E-state index in [2.05, 4.69) is 190 Å². The van der Waals surface area contributed by atoms with E-state index in [1.165, 1.54) is 61.8 Å². The standard InChI is InChI=1S/C28H29N2.C14H19N2/c1-19(2)25-16-23(21-10-6-5-7-11-21)17-26(20(3)4)27(25)30-15-14-29-18-22-12-8-9-13-24(22)28(29)30;1-11(2)12-7-5-6-8-13(12)14-15(3)9-10-16(14)4/h5-17,19-20H,18H2,1-4H3;5-11H,1-4H3/q2*+1. The van der Waals surface area contributed by atoms with E-state index in [4.69, 9.17) is 0 Å². The fourth-order valence-electron chi connectivity index (χ4n) is 6.89. The van der Waals surface area contributed by atoms with Crippen LogP contribution in [-0.2, 0) is 20.6 Å². The van der Waals surface area contributed by atoms with Gasteiger partial charge in [0.2, 0.25) is 0 Å². The molecule has 0 fully saturated rings. The number of rotatable bonds is 6. The zero-order valence-corrected chi connectivity index (χ0v) is 28.7. The topological polar surface area (TPSA) is 17.6 Å². The molecule has 0 saturated carbocycles. The molecule has 6 aromatic rings. The lowest BCUT2D eigenvalue weighted by Crippen LogP contribution is -2.30. The van der Waals surface area contributed by atoms with Crippen LogP contribution in [0.25, 0.3) is 39.6 Å². The smallest absolute Gasteiger partial charge is 0.233 e. The lowest BCUT2D eigenvalue weighted by atomic mass is 9.88. The van der Waals surface area contributed by atoms with Gasteiger partial charge in [0.05, 0.1) is 25.2 Å². The summed E-state index contributed by atoms with van der Waals surface area (Å²) in [7, 11) is 4.18. The maximum absolute atomic E-state index is 2.44. The summed E-state index contributed by atoms with van der Waals surface area (Å²) in [6, 6.07) is 33.0. The summed E-state index contributed by atoms with van der Waals surface area (Å²) < 4.78 is 9.15. The lowest BCUT2D eigenvalue weighted by Gasteiger charge is -2.20. The van der Waals surface area contributed by atoms with E-state index in [1.807, 2.05) is 0 Å². The molecule has 0 radical (unpaired) electrons. The van der Waals surface area contributed by atoms with Crippen LogP contribution in [0.1, 0.15) is 81.5 Å². The SMILES string of the molecule is CC(C)c1cc(-c2ccccc2)cc(C(C)C)c1-n1cc[n+]2c1-c1ccccc1C2.CC(C)c1ccccc1-c1n(C)cc[n+]1C. The summed E-state index contributed by atoms with van der Waals surface area (Å²) in [5.41, 5.74) is 12.2. The lowest BCUT2D eigenvalue weighted by molar-refractivity contribution is -0.671. The Labute approximate surface area is 275 Å². The number of imidazole rings is 2. The number of aromatic nitrogens is 4. The Hall–Kier alpha value is -4.70. The Morgan fingerprint density at radius 1 is 0.587 bits per heavy atom. The summed E-state index contributed by atoms with van der Waals surface area (Å²) in [6.45, 7) is 14.7.